The number of halogens is 1. The fourth-order valence-corrected chi connectivity index (χ4v) is 2.69. The highest BCUT2D eigenvalue weighted by Gasteiger charge is 2.16. The second-order valence-corrected chi connectivity index (χ2v) is 5.80. The van der Waals surface area contributed by atoms with E-state index in [9.17, 15) is 14.0 Å². The van der Waals surface area contributed by atoms with Crippen molar-refractivity contribution < 1.29 is 18.7 Å². The van der Waals surface area contributed by atoms with Crippen molar-refractivity contribution in [3.63, 3.8) is 0 Å². The number of H-pyrrole nitrogens is 1. The third-order valence-electron chi connectivity index (χ3n) is 4.19. The third-order valence-corrected chi connectivity index (χ3v) is 4.19. The number of aromatic amines is 1. The highest BCUT2D eigenvalue weighted by Crippen LogP contribution is 2.23. The number of carbonyl (C=O) groups is 2. The summed E-state index contributed by atoms with van der Waals surface area (Å²) >= 11 is 0. The SMILES string of the molecule is COC(=O)c1cc(NC(=O)c2cc3c(F)cccc3[nH]2)cc(C)c1C. The molecule has 3 aromatic rings. The number of hydrogen-bond donors (Lipinski definition) is 2. The number of rotatable bonds is 3. The van der Waals surface area contributed by atoms with Gasteiger partial charge in [0.1, 0.15) is 11.5 Å². The van der Waals surface area contributed by atoms with Crippen LogP contribution in [0.3, 0.4) is 0 Å². The Kier molecular flexibility index (Phi) is 4.27. The summed E-state index contributed by atoms with van der Waals surface area (Å²) in [5.41, 5.74) is 3.27. The molecule has 0 aliphatic carbocycles. The Bertz CT molecular complexity index is 992. The lowest BCUT2D eigenvalue weighted by atomic mass is 10.0. The van der Waals surface area contributed by atoms with Gasteiger partial charge in [0.2, 0.25) is 0 Å². The van der Waals surface area contributed by atoms with Crippen molar-refractivity contribution in [3.8, 4) is 0 Å². The number of anilines is 1. The van der Waals surface area contributed by atoms with Gasteiger partial charge in [-0.3, -0.25) is 4.79 Å². The Labute approximate surface area is 143 Å². The summed E-state index contributed by atoms with van der Waals surface area (Å²) in [7, 11) is 1.31. The molecule has 1 amide bonds. The summed E-state index contributed by atoms with van der Waals surface area (Å²) in [5.74, 6) is -1.29. The lowest BCUT2D eigenvalue weighted by molar-refractivity contribution is 0.0599. The standard InChI is InChI=1S/C19H17FN2O3/c1-10-7-12(8-13(11(10)2)19(24)25-3)21-18(23)17-9-14-15(20)5-4-6-16(14)22-17/h4-9,22H,1-3H3,(H,21,23). The van der Waals surface area contributed by atoms with E-state index in [-0.39, 0.29) is 5.69 Å². The van der Waals surface area contributed by atoms with E-state index in [0.717, 1.165) is 11.1 Å². The van der Waals surface area contributed by atoms with Crippen LogP contribution in [-0.2, 0) is 4.74 Å². The fourth-order valence-electron chi connectivity index (χ4n) is 2.69. The molecule has 5 nitrogen and oxygen atoms in total. The molecular formula is C19H17FN2O3. The van der Waals surface area contributed by atoms with Crippen LogP contribution in [0.25, 0.3) is 10.9 Å². The molecule has 0 atom stereocenters. The minimum absolute atomic E-state index is 0.234. The van der Waals surface area contributed by atoms with Gasteiger partial charge in [-0.1, -0.05) is 6.07 Å². The molecule has 0 aliphatic heterocycles. The zero-order valence-electron chi connectivity index (χ0n) is 14.1. The van der Waals surface area contributed by atoms with Crippen LogP contribution in [0.1, 0.15) is 32.0 Å². The van der Waals surface area contributed by atoms with Crippen molar-refractivity contribution in [1.29, 1.82) is 0 Å². The van der Waals surface area contributed by atoms with Crippen molar-refractivity contribution in [2.45, 2.75) is 13.8 Å². The minimum Gasteiger partial charge on any atom is -0.465 e. The Balaban J connectivity index is 1.93. The van der Waals surface area contributed by atoms with Crippen LogP contribution in [0.4, 0.5) is 10.1 Å². The van der Waals surface area contributed by atoms with Gasteiger partial charge >= 0.3 is 5.97 Å². The largest absolute Gasteiger partial charge is 0.465 e. The van der Waals surface area contributed by atoms with Gasteiger partial charge in [0.25, 0.3) is 5.91 Å². The molecule has 0 aliphatic rings. The molecule has 2 N–H and O–H groups in total. The number of carbonyl (C=O) groups excluding carboxylic acids is 2. The number of benzene rings is 2. The van der Waals surface area contributed by atoms with Crippen molar-refractivity contribution in [2.24, 2.45) is 0 Å². The van der Waals surface area contributed by atoms with E-state index >= 15 is 0 Å². The van der Waals surface area contributed by atoms with Gasteiger partial charge in [0.15, 0.2) is 0 Å². The van der Waals surface area contributed by atoms with E-state index in [2.05, 4.69) is 10.3 Å². The zero-order chi connectivity index (χ0) is 18.1. The lowest BCUT2D eigenvalue weighted by Gasteiger charge is -2.11. The maximum Gasteiger partial charge on any atom is 0.338 e. The third kappa shape index (κ3) is 3.10. The summed E-state index contributed by atoms with van der Waals surface area (Å²) in [6, 6.07) is 9.40. The molecule has 1 heterocycles. The molecule has 6 heteroatoms. The van der Waals surface area contributed by atoms with Crippen LogP contribution in [0.5, 0.6) is 0 Å². The Morgan fingerprint density at radius 1 is 1.16 bits per heavy atom. The van der Waals surface area contributed by atoms with E-state index in [0.29, 0.717) is 22.2 Å². The summed E-state index contributed by atoms with van der Waals surface area (Å²) in [5, 5.41) is 3.08. The minimum atomic E-state index is -0.468. The molecule has 1 aromatic heterocycles. The average Bonchev–Trinajstić information content (AvgIpc) is 3.03. The number of nitrogens with one attached hydrogen (secondary N) is 2. The quantitative estimate of drug-likeness (QED) is 0.709. The number of ether oxygens (including phenoxy) is 1. The zero-order valence-corrected chi connectivity index (χ0v) is 14.1. The van der Waals surface area contributed by atoms with Gasteiger partial charge in [-0.05, 0) is 55.3 Å². The second-order valence-electron chi connectivity index (χ2n) is 5.80. The maximum absolute atomic E-state index is 13.8. The smallest absolute Gasteiger partial charge is 0.338 e. The molecule has 128 valence electrons. The molecule has 0 radical (unpaired) electrons. The van der Waals surface area contributed by atoms with E-state index in [1.165, 1.54) is 19.2 Å². The number of aromatic nitrogens is 1. The number of hydrogen-bond acceptors (Lipinski definition) is 3. The van der Waals surface area contributed by atoms with Crippen LogP contribution >= 0.6 is 0 Å². The summed E-state index contributed by atoms with van der Waals surface area (Å²) in [4.78, 5) is 27.2. The van der Waals surface area contributed by atoms with Gasteiger partial charge in [-0.15, -0.1) is 0 Å². The predicted molar refractivity (Wildman–Crippen MR) is 93.5 cm³/mol. The predicted octanol–water partition coefficient (Wildman–Crippen LogP) is 3.96. The van der Waals surface area contributed by atoms with Crippen molar-refractivity contribution in [1.82, 2.24) is 4.98 Å². The van der Waals surface area contributed by atoms with Gasteiger partial charge in [-0.2, -0.15) is 0 Å². The molecule has 25 heavy (non-hydrogen) atoms. The van der Waals surface area contributed by atoms with E-state index < -0.39 is 17.7 Å². The maximum atomic E-state index is 13.8. The number of fused-ring (bicyclic) bond motifs is 1. The van der Waals surface area contributed by atoms with Crippen LogP contribution < -0.4 is 5.32 Å². The molecule has 3 rings (SSSR count). The van der Waals surface area contributed by atoms with E-state index in [4.69, 9.17) is 4.74 Å². The number of amides is 1. The molecule has 2 aromatic carbocycles. The topological polar surface area (TPSA) is 71.2 Å². The van der Waals surface area contributed by atoms with Crippen molar-refractivity contribution >= 4 is 28.5 Å². The van der Waals surface area contributed by atoms with Crippen molar-refractivity contribution in [3.05, 3.63) is 64.6 Å². The average molecular weight is 340 g/mol. The number of aryl methyl sites for hydroxylation is 1. The van der Waals surface area contributed by atoms with E-state index in [1.54, 1.807) is 24.3 Å². The highest BCUT2D eigenvalue weighted by molar-refractivity contribution is 6.06. The Hall–Kier alpha value is -3.15. The van der Waals surface area contributed by atoms with Crippen molar-refractivity contribution in [2.75, 3.05) is 12.4 Å². The lowest BCUT2D eigenvalue weighted by Crippen LogP contribution is -2.14. The molecule has 0 saturated carbocycles. The molecular weight excluding hydrogens is 323 g/mol. The van der Waals surface area contributed by atoms with Gasteiger partial charge in [0.05, 0.1) is 12.7 Å². The van der Waals surface area contributed by atoms with Crippen LogP contribution in [-0.4, -0.2) is 24.0 Å². The van der Waals surface area contributed by atoms with Gasteiger partial charge in [0, 0.05) is 16.6 Å². The van der Waals surface area contributed by atoms with E-state index in [1.807, 2.05) is 13.8 Å². The molecule has 0 bridgehead atoms. The number of methoxy groups -OCH3 is 1. The normalized spacial score (nSPS) is 10.7. The molecule has 0 saturated heterocycles. The van der Waals surface area contributed by atoms with Gasteiger partial charge in [-0.25, -0.2) is 9.18 Å². The summed E-state index contributed by atoms with van der Waals surface area (Å²) in [6.45, 7) is 3.66. The van der Waals surface area contributed by atoms with Crippen LogP contribution in [0.2, 0.25) is 0 Å². The Morgan fingerprint density at radius 2 is 1.92 bits per heavy atom. The summed E-state index contributed by atoms with van der Waals surface area (Å²) < 4.78 is 18.5. The second kappa shape index (κ2) is 6.39. The van der Waals surface area contributed by atoms with Crippen LogP contribution in [0, 0.1) is 19.7 Å². The molecule has 0 spiro atoms. The molecule has 0 unspecified atom stereocenters. The fraction of sp³-hybridized carbons (Fsp3) is 0.158. The first-order chi connectivity index (χ1) is 11.9. The number of esters is 1. The van der Waals surface area contributed by atoms with Crippen LogP contribution in [0.15, 0.2) is 36.4 Å². The first-order valence-corrected chi connectivity index (χ1v) is 7.69. The Morgan fingerprint density at radius 3 is 2.60 bits per heavy atom. The first kappa shape index (κ1) is 16.7. The monoisotopic (exact) mass is 340 g/mol. The summed E-state index contributed by atoms with van der Waals surface area (Å²) in [6.07, 6.45) is 0. The first-order valence-electron chi connectivity index (χ1n) is 7.69. The molecule has 0 fully saturated rings. The van der Waals surface area contributed by atoms with Gasteiger partial charge < -0.3 is 15.0 Å². The highest BCUT2D eigenvalue weighted by atomic mass is 19.1.